The Labute approximate surface area is 88.3 Å². The highest BCUT2D eigenvalue weighted by atomic mass is 16.4. The first-order chi connectivity index (χ1) is 7.11. The van der Waals surface area contributed by atoms with Crippen LogP contribution >= 0.6 is 0 Å². The Bertz CT molecular complexity index is 316. The van der Waals surface area contributed by atoms with Crippen LogP contribution in [0.15, 0.2) is 24.5 Å². The summed E-state index contributed by atoms with van der Waals surface area (Å²) in [6.45, 7) is 2.20. The van der Waals surface area contributed by atoms with Gasteiger partial charge in [-0.3, -0.25) is 9.78 Å². The van der Waals surface area contributed by atoms with Crippen molar-refractivity contribution in [3.63, 3.8) is 0 Å². The largest absolute Gasteiger partial charge is 0.480 e. The molecule has 1 aromatic rings. The van der Waals surface area contributed by atoms with Crippen LogP contribution in [0.4, 0.5) is 0 Å². The van der Waals surface area contributed by atoms with Crippen LogP contribution in [-0.4, -0.2) is 28.6 Å². The maximum atomic E-state index is 10.5. The number of aromatic nitrogens is 1. The van der Waals surface area contributed by atoms with Crippen molar-refractivity contribution in [1.82, 2.24) is 10.3 Å². The van der Waals surface area contributed by atoms with Crippen molar-refractivity contribution < 1.29 is 9.90 Å². The van der Waals surface area contributed by atoms with Gasteiger partial charge >= 0.3 is 5.97 Å². The monoisotopic (exact) mass is 209 g/mol. The molecule has 0 spiro atoms. The van der Waals surface area contributed by atoms with Crippen LogP contribution in [0.5, 0.6) is 0 Å². The summed E-state index contributed by atoms with van der Waals surface area (Å²) in [7, 11) is 0. The standard InChI is InChI=1S/C10H15N3O2/c1-7(8-2-4-12-5-3-8)13-6-9(11)10(14)15/h2-5,7,9,13H,6,11H2,1H3,(H,14,15)/t7-,9?/m1/s1. The van der Waals surface area contributed by atoms with Crippen LogP contribution in [-0.2, 0) is 4.79 Å². The molecule has 5 heteroatoms. The number of hydrogen-bond donors (Lipinski definition) is 3. The van der Waals surface area contributed by atoms with Crippen LogP contribution in [0, 0.1) is 0 Å². The molecule has 0 aromatic carbocycles. The third-order valence-corrected chi connectivity index (χ3v) is 2.17. The van der Waals surface area contributed by atoms with Gasteiger partial charge in [-0.2, -0.15) is 0 Å². The van der Waals surface area contributed by atoms with Crippen LogP contribution in [0.2, 0.25) is 0 Å². The van der Waals surface area contributed by atoms with E-state index in [1.807, 2.05) is 19.1 Å². The van der Waals surface area contributed by atoms with E-state index in [4.69, 9.17) is 10.8 Å². The number of nitrogens with zero attached hydrogens (tertiary/aromatic N) is 1. The molecule has 0 radical (unpaired) electrons. The molecule has 0 saturated carbocycles. The average molecular weight is 209 g/mol. The lowest BCUT2D eigenvalue weighted by atomic mass is 10.1. The molecule has 5 nitrogen and oxygen atoms in total. The zero-order chi connectivity index (χ0) is 11.3. The summed E-state index contributed by atoms with van der Waals surface area (Å²) in [6.07, 6.45) is 3.40. The quantitative estimate of drug-likeness (QED) is 0.642. The first-order valence-corrected chi connectivity index (χ1v) is 4.73. The van der Waals surface area contributed by atoms with Crippen molar-refractivity contribution in [1.29, 1.82) is 0 Å². The average Bonchev–Trinajstić information content (AvgIpc) is 2.26. The lowest BCUT2D eigenvalue weighted by Crippen LogP contribution is -2.41. The first kappa shape index (κ1) is 11.6. The minimum Gasteiger partial charge on any atom is -0.480 e. The van der Waals surface area contributed by atoms with Crippen molar-refractivity contribution in [3.8, 4) is 0 Å². The second-order valence-electron chi connectivity index (χ2n) is 3.36. The Morgan fingerprint density at radius 2 is 2.20 bits per heavy atom. The van der Waals surface area contributed by atoms with E-state index in [1.54, 1.807) is 12.4 Å². The van der Waals surface area contributed by atoms with Gasteiger partial charge in [-0.1, -0.05) is 0 Å². The summed E-state index contributed by atoms with van der Waals surface area (Å²) in [5.41, 5.74) is 6.43. The lowest BCUT2D eigenvalue weighted by Gasteiger charge is -2.15. The third kappa shape index (κ3) is 3.65. The summed E-state index contributed by atoms with van der Waals surface area (Å²) in [6, 6.07) is 2.96. The summed E-state index contributed by atoms with van der Waals surface area (Å²) in [4.78, 5) is 14.4. The highest BCUT2D eigenvalue weighted by Gasteiger charge is 2.12. The fourth-order valence-corrected chi connectivity index (χ4v) is 1.16. The molecule has 1 unspecified atom stereocenters. The fourth-order valence-electron chi connectivity index (χ4n) is 1.16. The Morgan fingerprint density at radius 3 is 2.73 bits per heavy atom. The van der Waals surface area contributed by atoms with Gasteiger partial charge < -0.3 is 16.2 Å². The highest BCUT2D eigenvalue weighted by Crippen LogP contribution is 2.09. The molecule has 82 valence electrons. The van der Waals surface area contributed by atoms with E-state index in [0.717, 1.165) is 5.56 Å². The van der Waals surface area contributed by atoms with Gasteiger partial charge in [-0.25, -0.2) is 0 Å². The van der Waals surface area contributed by atoms with E-state index < -0.39 is 12.0 Å². The molecular weight excluding hydrogens is 194 g/mol. The number of rotatable bonds is 5. The van der Waals surface area contributed by atoms with Crippen molar-refractivity contribution in [2.24, 2.45) is 5.73 Å². The second-order valence-corrected chi connectivity index (χ2v) is 3.36. The number of aliphatic carboxylic acids is 1. The minimum atomic E-state index is -0.996. The summed E-state index contributed by atoms with van der Waals surface area (Å²) in [5.74, 6) is -0.996. The van der Waals surface area contributed by atoms with E-state index in [2.05, 4.69) is 10.3 Å². The number of nitrogens with two attached hydrogens (primary N) is 1. The van der Waals surface area contributed by atoms with Gasteiger partial charge in [0.15, 0.2) is 0 Å². The van der Waals surface area contributed by atoms with E-state index in [-0.39, 0.29) is 12.6 Å². The van der Waals surface area contributed by atoms with Crippen molar-refractivity contribution in [2.45, 2.75) is 19.0 Å². The minimum absolute atomic E-state index is 0.0680. The maximum Gasteiger partial charge on any atom is 0.321 e. The normalized spacial score (nSPS) is 14.5. The van der Waals surface area contributed by atoms with Crippen LogP contribution < -0.4 is 11.1 Å². The third-order valence-electron chi connectivity index (χ3n) is 2.17. The Morgan fingerprint density at radius 1 is 1.60 bits per heavy atom. The van der Waals surface area contributed by atoms with Gasteiger partial charge in [-0.05, 0) is 24.6 Å². The van der Waals surface area contributed by atoms with Gasteiger partial charge in [-0.15, -0.1) is 0 Å². The Balaban J connectivity index is 2.43. The molecule has 4 N–H and O–H groups in total. The Hall–Kier alpha value is -1.46. The number of carboxylic acid groups (broad SMARTS) is 1. The van der Waals surface area contributed by atoms with Gasteiger partial charge in [0, 0.05) is 25.0 Å². The lowest BCUT2D eigenvalue weighted by molar-refractivity contribution is -0.138. The maximum absolute atomic E-state index is 10.5. The van der Waals surface area contributed by atoms with E-state index in [9.17, 15) is 4.79 Å². The molecule has 0 saturated heterocycles. The molecular formula is C10H15N3O2. The molecule has 0 bridgehead atoms. The fraction of sp³-hybridized carbons (Fsp3) is 0.400. The van der Waals surface area contributed by atoms with E-state index in [0.29, 0.717) is 0 Å². The Kier molecular flexibility index (Phi) is 4.20. The topological polar surface area (TPSA) is 88.2 Å². The van der Waals surface area contributed by atoms with Crippen LogP contribution in [0.3, 0.4) is 0 Å². The smallest absolute Gasteiger partial charge is 0.321 e. The number of carbonyl (C=O) groups is 1. The predicted octanol–water partition coefficient (Wildman–Crippen LogP) is 0.144. The number of pyridine rings is 1. The molecule has 2 atom stereocenters. The molecule has 0 fully saturated rings. The van der Waals surface area contributed by atoms with Crippen molar-refractivity contribution in [2.75, 3.05) is 6.54 Å². The van der Waals surface area contributed by atoms with E-state index >= 15 is 0 Å². The van der Waals surface area contributed by atoms with Crippen LogP contribution in [0.1, 0.15) is 18.5 Å². The van der Waals surface area contributed by atoms with Crippen molar-refractivity contribution >= 4 is 5.97 Å². The number of nitrogens with one attached hydrogen (secondary N) is 1. The summed E-state index contributed by atoms with van der Waals surface area (Å²) in [5, 5.41) is 11.6. The van der Waals surface area contributed by atoms with Gasteiger partial charge in [0.05, 0.1) is 0 Å². The van der Waals surface area contributed by atoms with E-state index in [1.165, 1.54) is 0 Å². The zero-order valence-electron chi connectivity index (χ0n) is 8.55. The second kappa shape index (κ2) is 5.43. The molecule has 1 heterocycles. The molecule has 0 aliphatic carbocycles. The molecule has 0 aliphatic rings. The summed E-state index contributed by atoms with van der Waals surface area (Å²) >= 11 is 0. The van der Waals surface area contributed by atoms with Gasteiger partial charge in [0.1, 0.15) is 6.04 Å². The molecule has 15 heavy (non-hydrogen) atoms. The number of hydrogen-bond acceptors (Lipinski definition) is 4. The predicted molar refractivity (Wildman–Crippen MR) is 56.3 cm³/mol. The number of carboxylic acids is 1. The molecule has 0 aliphatic heterocycles. The molecule has 1 aromatic heterocycles. The molecule has 1 rings (SSSR count). The first-order valence-electron chi connectivity index (χ1n) is 4.73. The zero-order valence-corrected chi connectivity index (χ0v) is 8.55. The van der Waals surface area contributed by atoms with Gasteiger partial charge in [0.2, 0.25) is 0 Å². The SMILES string of the molecule is C[C@@H](NCC(N)C(=O)O)c1ccncc1. The summed E-state index contributed by atoms with van der Waals surface area (Å²) < 4.78 is 0. The van der Waals surface area contributed by atoms with Crippen LogP contribution in [0.25, 0.3) is 0 Å². The van der Waals surface area contributed by atoms with Crippen molar-refractivity contribution in [3.05, 3.63) is 30.1 Å². The van der Waals surface area contributed by atoms with Gasteiger partial charge in [0.25, 0.3) is 0 Å². The highest BCUT2D eigenvalue weighted by molar-refractivity contribution is 5.73. The molecule has 0 amide bonds.